The zero-order valence-electron chi connectivity index (χ0n) is 7.58. The largest absolute Gasteiger partial charge is 0.396 e. The van der Waals surface area contributed by atoms with E-state index in [0.29, 0.717) is 0 Å². The van der Waals surface area contributed by atoms with Crippen LogP contribution in [0.5, 0.6) is 0 Å². The molecule has 1 aliphatic carbocycles. The van der Waals surface area contributed by atoms with E-state index in [2.05, 4.69) is 4.90 Å². The van der Waals surface area contributed by atoms with Gasteiger partial charge in [-0.15, -0.1) is 0 Å². The molecule has 70 valence electrons. The minimum atomic E-state index is -0.601. The van der Waals surface area contributed by atoms with E-state index in [1.54, 1.807) is 0 Å². The SMILES string of the molecule is CN1CCC(O)(C2(CO)CC2)C1. The predicted molar refractivity (Wildman–Crippen MR) is 45.8 cm³/mol. The normalized spacial score (nSPS) is 40.2. The summed E-state index contributed by atoms with van der Waals surface area (Å²) >= 11 is 0. The molecule has 2 rings (SSSR count). The van der Waals surface area contributed by atoms with Crippen LogP contribution in [0.4, 0.5) is 0 Å². The Hall–Kier alpha value is -0.120. The van der Waals surface area contributed by atoms with E-state index < -0.39 is 5.60 Å². The summed E-state index contributed by atoms with van der Waals surface area (Å²) in [5.74, 6) is 0. The van der Waals surface area contributed by atoms with Crippen LogP contribution >= 0.6 is 0 Å². The first kappa shape index (κ1) is 8.48. The Labute approximate surface area is 73.0 Å². The highest BCUT2D eigenvalue weighted by Gasteiger charge is 2.59. The fourth-order valence-electron chi connectivity index (χ4n) is 2.33. The lowest BCUT2D eigenvalue weighted by Crippen LogP contribution is -2.43. The molecule has 0 bridgehead atoms. The molecule has 0 aromatic rings. The molecule has 0 amide bonds. The molecule has 12 heavy (non-hydrogen) atoms. The standard InChI is InChI=1S/C9H17NO2/c1-10-5-4-9(12,6-10)8(7-11)2-3-8/h11-12H,2-7H2,1H3. The number of likely N-dealkylation sites (tertiary alicyclic amines) is 1. The van der Waals surface area contributed by atoms with Crippen LogP contribution in [0.25, 0.3) is 0 Å². The highest BCUT2D eigenvalue weighted by molar-refractivity contribution is 5.11. The van der Waals surface area contributed by atoms with Gasteiger partial charge in [0.2, 0.25) is 0 Å². The summed E-state index contributed by atoms with van der Waals surface area (Å²) in [6, 6.07) is 0. The zero-order chi connectivity index (χ0) is 8.82. The van der Waals surface area contributed by atoms with E-state index in [9.17, 15) is 10.2 Å². The van der Waals surface area contributed by atoms with E-state index in [-0.39, 0.29) is 12.0 Å². The molecule has 0 aromatic carbocycles. The lowest BCUT2D eigenvalue weighted by molar-refractivity contribution is -0.0447. The van der Waals surface area contributed by atoms with Crippen LogP contribution < -0.4 is 0 Å². The van der Waals surface area contributed by atoms with E-state index in [4.69, 9.17) is 0 Å². The van der Waals surface area contributed by atoms with Crippen LogP contribution in [0.3, 0.4) is 0 Å². The van der Waals surface area contributed by atoms with Gasteiger partial charge < -0.3 is 15.1 Å². The Balaban J connectivity index is 2.11. The molecule has 3 heteroatoms. The maximum atomic E-state index is 10.3. The topological polar surface area (TPSA) is 43.7 Å². The predicted octanol–water partition coefficient (Wildman–Crippen LogP) is -0.175. The van der Waals surface area contributed by atoms with Gasteiger partial charge in [0.05, 0.1) is 12.2 Å². The second-order valence-electron chi connectivity index (χ2n) is 4.46. The molecule has 0 radical (unpaired) electrons. The second kappa shape index (κ2) is 2.44. The quantitative estimate of drug-likeness (QED) is 0.606. The summed E-state index contributed by atoms with van der Waals surface area (Å²) in [5.41, 5.74) is -0.742. The number of rotatable bonds is 2. The lowest BCUT2D eigenvalue weighted by atomic mass is 9.84. The number of aliphatic hydroxyl groups is 2. The van der Waals surface area contributed by atoms with E-state index >= 15 is 0 Å². The van der Waals surface area contributed by atoms with Crippen molar-refractivity contribution in [2.75, 3.05) is 26.7 Å². The fourth-order valence-corrected chi connectivity index (χ4v) is 2.33. The van der Waals surface area contributed by atoms with Crippen molar-refractivity contribution in [2.24, 2.45) is 5.41 Å². The van der Waals surface area contributed by atoms with E-state index in [0.717, 1.165) is 32.4 Å². The first-order chi connectivity index (χ1) is 5.62. The van der Waals surface area contributed by atoms with Crippen molar-refractivity contribution in [2.45, 2.75) is 24.9 Å². The Bertz CT molecular complexity index is 191. The Morgan fingerprint density at radius 3 is 2.33 bits per heavy atom. The van der Waals surface area contributed by atoms with Crippen molar-refractivity contribution >= 4 is 0 Å². The molecule has 2 N–H and O–H groups in total. The van der Waals surface area contributed by atoms with E-state index in [1.807, 2.05) is 7.05 Å². The Kier molecular flexibility index (Phi) is 1.72. The maximum absolute atomic E-state index is 10.3. The maximum Gasteiger partial charge on any atom is 0.0863 e. The first-order valence-corrected chi connectivity index (χ1v) is 4.64. The van der Waals surface area contributed by atoms with Crippen LogP contribution in [0.15, 0.2) is 0 Å². The number of likely N-dealkylation sites (N-methyl/N-ethyl adjacent to an activating group) is 1. The Morgan fingerprint density at radius 2 is 2.00 bits per heavy atom. The van der Waals surface area contributed by atoms with Crippen molar-refractivity contribution in [1.29, 1.82) is 0 Å². The first-order valence-electron chi connectivity index (χ1n) is 4.64. The molecule has 2 fully saturated rings. The van der Waals surface area contributed by atoms with Crippen LogP contribution in [-0.4, -0.2) is 47.5 Å². The van der Waals surface area contributed by atoms with Gasteiger partial charge in [0.15, 0.2) is 0 Å². The third kappa shape index (κ3) is 1.00. The fraction of sp³-hybridized carbons (Fsp3) is 1.00. The third-order valence-electron chi connectivity index (χ3n) is 3.58. The smallest absolute Gasteiger partial charge is 0.0863 e. The molecule has 2 aliphatic rings. The third-order valence-corrected chi connectivity index (χ3v) is 3.58. The summed E-state index contributed by atoms with van der Waals surface area (Å²) in [6.45, 7) is 1.84. The van der Waals surface area contributed by atoms with Gasteiger partial charge in [-0.05, 0) is 26.3 Å². The summed E-state index contributed by atoms with van der Waals surface area (Å²) in [6.07, 6.45) is 2.81. The molecule has 1 aliphatic heterocycles. The average Bonchev–Trinajstić information content (AvgIpc) is 2.76. The minimum absolute atomic E-state index is 0.141. The number of hydrogen-bond acceptors (Lipinski definition) is 3. The van der Waals surface area contributed by atoms with Crippen LogP contribution in [0, 0.1) is 5.41 Å². The molecule has 1 saturated carbocycles. The van der Waals surface area contributed by atoms with Crippen molar-refractivity contribution in [1.82, 2.24) is 4.90 Å². The highest BCUT2D eigenvalue weighted by atomic mass is 16.3. The zero-order valence-corrected chi connectivity index (χ0v) is 7.58. The molecule has 1 atom stereocenters. The number of β-amino-alcohol motifs (C(OH)–C–C–N with tert-alkyl or cyclic N) is 1. The van der Waals surface area contributed by atoms with Crippen molar-refractivity contribution in [3.63, 3.8) is 0 Å². The van der Waals surface area contributed by atoms with Crippen LogP contribution in [-0.2, 0) is 0 Å². The molecule has 0 spiro atoms. The summed E-state index contributed by atoms with van der Waals surface area (Å²) in [7, 11) is 2.02. The average molecular weight is 171 g/mol. The molecule has 1 heterocycles. The van der Waals surface area contributed by atoms with Gasteiger partial charge in [-0.3, -0.25) is 0 Å². The molecular weight excluding hydrogens is 154 g/mol. The minimum Gasteiger partial charge on any atom is -0.396 e. The number of hydrogen-bond donors (Lipinski definition) is 2. The van der Waals surface area contributed by atoms with Crippen LogP contribution in [0.1, 0.15) is 19.3 Å². The molecular formula is C9H17NO2. The molecule has 3 nitrogen and oxygen atoms in total. The van der Waals surface area contributed by atoms with Crippen molar-refractivity contribution in [3.05, 3.63) is 0 Å². The summed E-state index contributed by atoms with van der Waals surface area (Å²) in [4.78, 5) is 2.13. The van der Waals surface area contributed by atoms with Gasteiger partial charge in [-0.2, -0.15) is 0 Å². The highest BCUT2D eigenvalue weighted by Crippen LogP contribution is 2.56. The summed E-state index contributed by atoms with van der Waals surface area (Å²) in [5, 5.41) is 19.4. The monoisotopic (exact) mass is 171 g/mol. The van der Waals surface area contributed by atoms with Gasteiger partial charge in [0.25, 0.3) is 0 Å². The number of nitrogens with zero attached hydrogens (tertiary/aromatic N) is 1. The Morgan fingerprint density at radius 1 is 1.33 bits per heavy atom. The molecule has 1 saturated heterocycles. The number of aliphatic hydroxyl groups excluding tert-OH is 1. The van der Waals surface area contributed by atoms with Crippen molar-refractivity contribution in [3.8, 4) is 0 Å². The van der Waals surface area contributed by atoms with Gasteiger partial charge in [-0.25, -0.2) is 0 Å². The van der Waals surface area contributed by atoms with Gasteiger partial charge in [0.1, 0.15) is 0 Å². The van der Waals surface area contributed by atoms with Gasteiger partial charge >= 0.3 is 0 Å². The van der Waals surface area contributed by atoms with E-state index in [1.165, 1.54) is 0 Å². The van der Waals surface area contributed by atoms with Gasteiger partial charge in [-0.1, -0.05) is 0 Å². The van der Waals surface area contributed by atoms with Crippen LogP contribution in [0.2, 0.25) is 0 Å². The lowest BCUT2D eigenvalue weighted by Gasteiger charge is -2.31. The molecule has 1 unspecified atom stereocenters. The van der Waals surface area contributed by atoms with Crippen molar-refractivity contribution < 1.29 is 10.2 Å². The summed E-state index contributed by atoms with van der Waals surface area (Å²) < 4.78 is 0. The molecule has 0 aromatic heterocycles. The van der Waals surface area contributed by atoms with Gasteiger partial charge in [0, 0.05) is 18.5 Å². The second-order valence-corrected chi connectivity index (χ2v) is 4.46.